The van der Waals surface area contributed by atoms with E-state index in [0.717, 1.165) is 11.4 Å². The maximum absolute atomic E-state index is 2.52. The number of rotatable bonds is 4. The first-order valence-corrected chi connectivity index (χ1v) is 22.1. The summed E-state index contributed by atoms with van der Waals surface area (Å²) in [5, 5.41) is 7.80. The highest BCUT2D eigenvalue weighted by Crippen LogP contribution is 2.63. The van der Waals surface area contributed by atoms with Crippen LogP contribution in [0.4, 0.5) is 17.1 Å². The van der Waals surface area contributed by atoms with Gasteiger partial charge >= 0.3 is 0 Å². The quantitative estimate of drug-likeness (QED) is 0.172. The third kappa shape index (κ3) is 4.77. The maximum Gasteiger partial charge on any atom is 0.0726 e. The standard InChI is InChI=1S/C59H39NS/c1-36-25-26-40-34-37(2)57-56(50(40)33-36)49-20-12-24-55(58(49)61-57)60(41-29-27-39(28-30-41)44-19-11-14-38-13-3-4-15-43(38)44)42-31-32-48-47-18-7-10-23-53(47)59(54(48)35-42)51-21-8-5-16-45(51)46-17-6-9-22-52(46)59/h3-35H,1-2H3. The second-order valence-corrected chi connectivity index (χ2v) is 17.9. The Kier molecular flexibility index (Phi) is 7.30. The third-order valence-electron chi connectivity index (χ3n) is 13.6. The highest BCUT2D eigenvalue weighted by molar-refractivity contribution is 7.26. The van der Waals surface area contributed by atoms with E-state index < -0.39 is 5.41 Å². The van der Waals surface area contributed by atoms with Crippen molar-refractivity contribution in [2.24, 2.45) is 0 Å². The molecule has 1 nitrogen and oxygen atoms in total. The molecule has 13 rings (SSSR count). The molecule has 0 radical (unpaired) electrons. The fourth-order valence-corrected chi connectivity index (χ4v) is 12.3. The first-order chi connectivity index (χ1) is 30.1. The molecule has 2 aliphatic carbocycles. The molecule has 0 amide bonds. The van der Waals surface area contributed by atoms with E-state index in [-0.39, 0.29) is 0 Å². The highest BCUT2D eigenvalue weighted by atomic mass is 32.1. The molecule has 2 heteroatoms. The van der Waals surface area contributed by atoms with Crippen LogP contribution < -0.4 is 4.90 Å². The Hall–Kier alpha value is -7.26. The first kappa shape index (κ1) is 34.6. The summed E-state index contributed by atoms with van der Waals surface area (Å²) in [7, 11) is 0. The molecule has 0 atom stereocenters. The van der Waals surface area contributed by atoms with Gasteiger partial charge in [-0.3, -0.25) is 0 Å². The van der Waals surface area contributed by atoms with Gasteiger partial charge in [-0.2, -0.15) is 0 Å². The van der Waals surface area contributed by atoms with Crippen LogP contribution in [0.5, 0.6) is 0 Å². The van der Waals surface area contributed by atoms with Crippen LogP contribution in [0, 0.1) is 13.8 Å². The van der Waals surface area contributed by atoms with Crippen molar-refractivity contribution in [1.29, 1.82) is 0 Å². The molecule has 61 heavy (non-hydrogen) atoms. The minimum absolute atomic E-state index is 0.434. The molecule has 0 saturated carbocycles. The first-order valence-electron chi connectivity index (χ1n) is 21.3. The molecule has 0 aliphatic heterocycles. The van der Waals surface area contributed by atoms with Crippen molar-refractivity contribution in [3.63, 3.8) is 0 Å². The molecule has 11 aromatic rings. The number of benzene rings is 10. The highest BCUT2D eigenvalue weighted by Gasteiger charge is 2.51. The van der Waals surface area contributed by atoms with E-state index in [1.807, 2.05) is 11.3 Å². The van der Waals surface area contributed by atoms with Gasteiger partial charge in [-0.25, -0.2) is 0 Å². The molecule has 0 saturated heterocycles. The normalized spacial score (nSPS) is 13.2. The minimum atomic E-state index is -0.434. The Morgan fingerprint density at radius 3 is 1.72 bits per heavy atom. The van der Waals surface area contributed by atoms with Gasteiger partial charge in [-0.15, -0.1) is 11.3 Å². The molecular weight excluding hydrogens is 755 g/mol. The molecule has 286 valence electrons. The van der Waals surface area contributed by atoms with Gasteiger partial charge in [0.15, 0.2) is 0 Å². The van der Waals surface area contributed by atoms with Crippen molar-refractivity contribution < 1.29 is 0 Å². The van der Waals surface area contributed by atoms with Crippen LogP contribution in [0.2, 0.25) is 0 Å². The Morgan fingerprint density at radius 2 is 0.984 bits per heavy atom. The minimum Gasteiger partial charge on any atom is -0.309 e. The molecule has 2 aliphatic rings. The van der Waals surface area contributed by atoms with E-state index in [9.17, 15) is 0 Å². The SMILES string of the molecule is Cc1ccc2cc(C)c3sc4c(N(c5ccc(-c6cccc7ccccc67)cc5)c5ccc6c(c5)C5(c7ccccc7-c7ccccc75)c5ccccc5-6)cccc4c3c2c1. The van der Waals surface area contributed by atoms with Gasteiger partial charge in [0.25, 0.3) is 0 Å². The summed E-state index contributed by atoms with van der Waals surface area (Å²) in [5.41, 5.74) is 18.7. The zero-order chi connectivity index (χ0) is 40.4. The van der Waals surface area contributed by atoms with Crippen LogP contribution >= 0.6 is 11.3 Å². The maximum atomic E-state index is 2.52. The van der Waals surface area contributed by atoms with Crippen molar-refractivity contribution in [3.05, 3.63) is 234 Å². The molecule has 0 N–H and O–H groups in total. The van der Waals surface area contributed by atoms with Crippen LogP contribution in [0.3, 0.4) is 0 Å². The summed E-state index contributed by atoms with van der Waals surface area (Å²) in [6.07, 6.45) is 0. The molecule has 10 aromatic carbocycles. The number of aryl methyl sites for hydroxylation is 2. The van der Waals surface area contributed by atoms with Crippen LogP contribution in [0.1, 0.15) is 33.4 Å². The van der Waals surface area contributed by atoms with Crippen molar-refractivity contribution in [2.45, 2.75) is 19.3 Å². The molecule has 0 bridgehead atoms. The molecule has 1 aromatic heterocycles. The summed E-state index contributed by atoms with van der Waals surface area (Å²) < 4.78 is 2.65. The topological polar surface area (TPSA) is 3.24 Å². The Morgan fingerprint density at radius 1 is 0.393 bits per heavy atom. The molecule has 0 unspecified atom stereocenters. The van der Waals surface area contributed by atoms with Gasteiger partial charge < -0.3 is 4.90 Å². The molecule has 1 spiro atoms. The number of anilines is 3. The number of hydrogen-bond donors (Lipinski definition) is 0. The van der Waals surface area contributed by atoms with Gasteiger partial charge in [0.05, 0.1) is 15.8 Å². The predicted molar refractivity (Wildman–Crippen MR) is 260 cm³/mol. The fourth-order valence-electron chi connectivity index (χ4n) is 11.1. The zero-order valence-corrected chi connectivity index (χ0v) is 34.7. The van der Waals surface area contributed by atoms with Crippen LogP contribution in [0.25, 0.3) is 75.1 Å². The van der Waals surface area contributed by atoms with Crippen molar-refractivity contribution in [3.8, 4) is 33.4 Å². The lowest BCUT2D eigenvalue weighted by molar-refractivity contribution is 0.793. The second kappa shape index (κ2) is 12.9. The smallest absolute Gasteiger partial charge is 0.0726 e. The van der Waals surface area contributed by atoms with E-state index in [1.54, 1.807) is 0 Å². The average Bonchev–Trinajstić information content (AvgIpc) is 3.95. The Labute approximate surface area is 359 Å². The molecule has 0 fully saturated rings. The van der Waals surface area contributed by atoms with Crippen LogP contribution in [-0.4, -0.2) is 0 Å². The summed E-state index contributed by atoms with van der Waals surface area (Å²) >= 11 is 1.93. The van der Waals surface area contributed by atoms with E-state index in [0.29, 0.717) is 0 Å². The van der Waals surface area contributed by atoms with Gasteiger partial charge in [0, 0.05) is 26.8 Å². The van der Waals surface area contributed by atoms with Gasteiger partial charge in [-0.05, 0) is 133 Å². The summed E-state index contributed by atoms with van der Waals surface area (Å²) in [6.45, 7) is 4.48. The van der Waals surface area contributed by atoms with Crippen LogP contribution in [0.15, 0.2) is 200 Å². The van der Waals surface area contributed by atoms with Gasteiger partial charge in [-0.1, -0.05) is 169 Å². The van der Waals surface area contributed by atoms with Crippen LogP contribution in [-0.2, 0) is 5.41 Å². The summed E-state index contributed by atoms with van der Waals surface area (Å²) in [5.74, 6) is 0. The monoisotopic (exact) mass is 793 g/mol. The predicted octanol–water partition coefficient (Wildman–Crippen LogP) is 16.5. The summed E-state index contributed by atoms with van der Waals surface area (Å²) in [4.78, 5) is 2.52. The van der Waals surface area contributed by atoms with E-state index in [1.165, 1.54) is 114 Å². The number of hydrogen-bond acceptors (Lipinski definition) is 2. The van der Waals surface area contributed by atoms with Crippen molar-refractivity contribution in [2.75, 3.05) is 4.90 Å². The Bertz CT molecular complexity index is 3560. The van der Waals surface area contributed by atoms with Gasteiger partial charge in [0.2, 0.25) is 0 Å². The molecular formula is C59H39NS. The third-order valence-corrected chi connectivity index (χ3v) is 15.0. The lowest BCUT2D eigenvalue weighted by Gasteiger charge is -2.32. The fraction of sp³-hybridized carbons (Fsp3) is 0.0508. The van der Waals surface area contributed by atoms with E-state index in [4.69, 9.17) is 0 Å². The van der Waals surface area contributed by atoms with Gasteiger partial charge in [0.1, 0.15) is 0 Å². The number of nitrogens with zero attached hydrogens (tertiary/aromatic N) is 1. The second-order valence-electron chi connectivity index (χ2n) is 16.9. The number of thiophene rings is 1. The summed E-state index contributed by atoms with van der Waals surface area (Å²) in [6, 6.07) is 75.3. The van der Waals surface area contributed by atoms with Crippen molar-refractivity contribution >= 4 is 70.1 Å². The van der Waals surface area contributed by atoms with E-state index in [2.05, 4.69) is 219 Å². The lowest BCUT2D eigenvalue weighted by Crippen LogP contribution is -2.26. The lowest BCUT2D eigenvalue weighted by atomic mass is 9.70. The molecule has 1 heterocycles. The Balaban J connectivity index is 1.08. The average molecular weight is 794 g/mol. The number of fused-ring (bicyclic) bond motifs is 16. The van der Waals surface area contributed by atoms with E-state index >= 15 is 0 Å². The largest absolute Gasteiger partial charge is 0.309 e. The zero-order valence-electron chi connectivity index (χ0n) is 33.9. The van der Waals surface area contributed by atoms with Crippen molar-refractivity contribution in [1.82, 2.24) is 0 Å².